The van der Waals surface area contributed by atoms with Gasteiger partial charge in [-0.1, -0.05) is 162 Å². The average molecular weight is 720 g/mol. The lowest BCUT2D eigenvalue weighted by atomic mass is 9.88. The predicted molar refractivity (Wildman–Crippen MR) is 216 cm³/mol. The Morgan fingerprint density at radius 1 is 0.686 bits per heavy atom. The quantitative estimate of drug-likeness (QED) is 0.0391. The number of esters is 1. The SMILES string of the molecule is C=CC(CCCCCCCCCC(=O)O)(CCCCCCCCCC(=O)OCCC(CCCCC)CCCCC)OC(CC)CN1CCCCC1. The zero-order valence-corrected chi connectivity index (χ0v) is 34.2. The van der Waals surface area contributed by atoms with Gasteiger partial charge in [0.15, 0.2) is 0 Å². The minimum atomic E-state index is -0.680. The number of rotatable bonds is 37. The summed E-state index contributed by atoms with van der Waals surface area (Å²) in [5.41, 5.74) is -0.247. The molecule has 1 aliphatic rings. The second kappa shape index (κ2) is 33.2. The zero-order valence-electron chi connectivity index (χ0n) is 34.2. The van der Waals surface area contributed by atoms with Crippen LogP contribution in [0.5, 0.6) is 0 Å². The van der Waals surface area contributed by atoms with Crippen LogP contribution in [0.1, 0.15) is 220 Å². The maximum absolute atomic E-state index is 12.4. The van der Waals surface area contributed by atoms with Gasteiger partial charge in [0.05, 0.1) is 18.3 Å². The van der Waals surface area contributed by atoms with Crippen LogP contribution < -0.4 is 0 Å². The molecule has 1 rings (SSSR count). The molecule has 0 bridgehead atoms. The fourth-order valence-electron chi connectivity index (χ4n) is 7.88. The minimum Gasteiger partial charge on any atom is -0.481 e. The number of ether oxygens (including phenoxy) is 2. The molecule has 6 nitrogen and oxygen atoms in total. The summed E-state index contributed by atoms with van der Waals surface area (Å²) in [6.45, 7) is 15.2. The number of likely N-dealkylation sites (tertiary alicyclic amines) is 1. The number of hydrogen-bond acceptors (Lipinski definition) is 5. The summed E-state index contributed by atoms with van der Waals surface area (Å²) >= 11 is 0. The molecule has 0 amide bonds. The number of carbonyl (C=O) groups is 2. The van der Waals surface area contributed by atoms with E-state index in [1.54, 1.807) is 0 Å². The molecule has 1 N–H and O–H groups in total. The lowest BCUT2D eigenvalue weighted by Gasteiger charge is -2.38. The summed E-state index contributed by atoms with van der Waals surface area (Å²) in [6.07, 6.45) is 37.5. The molecular weight excluding hydrogens is 634 g/mol. The molecule has 0 spiro atoms. The molecule has 1 fully saturated rings. The fraction of sp³-hybridized carbons (Fsp3) is 0.911. The molecule has 0 saturated carbocycles. The highest BCUT2D eigenvalue weighted by Gasteiger charge is 2.30. The van der Waals surface area contributed by atoms with Crippen molar-refractivity contribution < 1.29 is 24.2 Å². The summed E-state index contributed by atoms with van der Waals surface area (Å²) in [7, 11) is 0. The van der Waals surface area contributed by atoms with Crippen LogP contribution in [0.2, 0.25) is 0 Å². The van der Waals surface area contributed by atoms with Gasteiger partial charge in [0.1, 0.15) is 0 Å². The van der Waals surface area contributed by atoms with Gasteiger partial charge in [0.2, 0.25) is 0 Å². The minimum absolute atomic E-state index is 0.00181. The highest BCUT2D eigenvalue weighted by molar-refractivity contribution is 5.69. The smallest absolute Gasteiger partial charge is 0.305 e. The first-order valence-corrected chi connectivity index (χ1v) is 22.3. The number of carboxylic acid groups (broad SMARTS) is 1. The van der Waals surface area contributed by atoms with Gasteiger partial charge in [-0.15, -0.1) is 6.58 Å². The van der Waals surface area contributed by atoms with Gasteiger partial charge < -0.3 is 19.5 Å². The van der Waals surface area contributed by atoms with Crippen LogP contribution in [0, 0.1) is 5.92 Å². The van der Waals surface area contributed by atoms with Crippen LogP contribution in [0.25, 0.3) is 0 Å². The van der Waals surface area contributed by atoms with Crippen molar-refractivity contribution >= 4 is 11.9 Å². The third-order valence-corrected chi connectivity index (χ3v) is 11.3. The monoisotopic (exact) mass is 720 g/mol. The van der Waals surface area contributed by atoms with Gasteiger partial charge in [-0.3, -0.25) is 9.59 Å². The van der Waals surface area contributed by atoms with Crippen molar-refractivity contribution in [3.63, 3.8) is 0 Å². The molecule has 1 heterocycles. The van der Waals surface area contributed by atoms with Crippen molar-refractivity contribution in [1.29, 1.82) is 0 Å². The van der Waals surface area contributed by atoms with Gasteiger partial charge in [-0.2, -0.15) is 0 Å². The summed E-state index contributed by atoms with van der Waals surface area (Å²) < 4.78 is 12.7. The Labute approximate surface area is 316 Å². The molecule has 300 valence electrons. The topological polar surface area (TPSA) is 76.1 Å². The normalized spacial score (nSPS) is 15.5. The van der Waals surface area contributed by atoms with Gasteiger partial charge in [-0.05, 0) is 70.4 Å². The molecule has 0 aromatic heterocycles. The number of nitrogens with zero attached hydrogens (tertiary/aromatic N) is 1. The van der Waals surface area contributed by atoms with E-state index in [1.165, 1.54) is 135 Å². The van der Waals surface area contributed by atoms with Crippen LogP contribution in [-0.4, -0.2) is 59.9 Å². The first kappa shape index (κ1) is 47.6. The molecule has 0 aliphatic carbocycles. The first-order valence-electron chi connectivity index (χ1n) is 22.3. The molecule has 0 radical (unpaired) electrons. The van der Waals surface area contributed by atoms with E-state index in [0.717, 1.165) is 70.8 Å². The van der Waals surface area contributed by atoms with E-state index >= 15 is 0 Å². The van der Waals surface area contributed by atoms with E-state index in [1.807, 2.05) is 0 Å². The van der Waals surface area contributed by atoms with Crippen LogP contribution in [0.4, 0.5) is 0 Å². The van der Waals surface area contributed by atoms with Crippen LogP contribution >= 0.6 is 0 Å². The predicted octanol–water partition coefficient (Wildman–Crippen LogP) is 13.0. The third-order valence-electron chi connectivity index (χ3n) is 11.3. The average Bonchev–Trinajstić information content (AvgIpc) is 3.13. The number of unbranched alkanes of at least 4 members (excludes halogenated alkanes) is 16. The molecule has 0 aromatic carbocycles. The van der Waals surface area contributed by atoms with E-state index in [2.05, 4.69) is 38.3 Å². The molecule has 2 unspecified atom stereocenters. The van der Waals surface area contributed by atoms with E-state index < -0.39 is 5.97 Å². The molecule has 6 heteroatoms. The summed E-state index contributed by atoms with van der Waals surface area (Å²) in [5, 5.41) is 8.85. The van der Waals surface area contributed by atoms with Gasteiger partial charge >= 0.3 is 11.9 Å². The highest BCUT2D eigenvalue weighted by atomic mass is 16.5. The summed E-state index contributed by atoms with van der Waals surface area (Å²) in [5.74, 6) is 0.0315. The van der Waals surface area contributed by atoms with Crippen molar-refractivity contribution in [1.82, 2.24) is 4.90 Å². The van der Waals surface area contributed by atoms with Gasteiger partial charge in [0, 0.05) is 19.4 Å². The number of carboxylic acids is 1. The number of hydrogen-bond donors (Lipinski definition) is 1. The standard InChI is InChI=1S/C45H85NO5/c1-5-9-22-30-41(31-23-10-6-2)34-39-50-44(49)33-25-18-14-12-16-20-27-36-45(8-4,35-26-19-15-11-13-17-24-32-43(47)48)51-42(7-3)40-46-37-28-21-29-38-46/h8,41-42H,4-7,9-40H2,1-3H3,(H,47,48). The van der Waals surface area contributed by atoms with E-state index in [-0.39, 0.29) is 17.7 Å². The molecule has 0 aromatic rings. The van der Waals surface area contributed by atoms with Crippen molar-refractivity contribution in [3.05, 3.63) is 12.7 Å². The Hall–Kier alpha value is -1.40. The van der Waals surface area contributed by atoms with Crippen molar-refractivity contribution in [3.8, 4) is 0 Å². The highest BCUT2D eigenvalue weighted by Crippen LogP contribution is 2.31. The van der Waals surface area contributed by atoms with Crippen molar-refractivity contribution in [2.45, 2.75) is 232 Å². The third kappa shape index (κ3) is 26.9. The second-order valence-corrected chi connectivity index (χ2v) is 16.0. The molecule has 1 aliphatic heterocycles. The Balaban J connectivity index is 2.37. The molecule has 51 heavy (non-hydrogen) atoms. The Kier molecular flexibility index (Phi) is 31.0. The number of piperidine rings is 1. The summed E-state index contributed by atoms with van der Waals surface area (Å²) in [4.78, 5) is 25.7. The van der Waals surface area contributed by atoms with Crippen molar-refractivity contribution in [2.24, 2.45) is 5.92 Å². The summed E-state index contributed by atoms with van der Waals surface area (Å²) in [6, 6.07) is 0. The maximum atomic E-state index is 12.4. The molecular formula is C45H85NO5. The molecule has 1 saturated heterocycles. The first-order chi connectivity index (χ1) is 24.9. The second-order valence-electron chi connectivity index (χ2n) is 16.0. The lowest BCUT2D eigenvalue weighted by Crippen LogP contribution is -2.42. The van der Waals surface area contributed by atoms with E-state index in [4.69, 9.17) is 14.6 Å². The van der Waals surface area contributed by atoms with Crippen LogP contribution in [-0.2, 0) is 19.1 Å². The van der Waals surface area contributed by atoms with Crippen LogP contribution in [0.3, 0.4) is 0 Å². The maximum Gasteiger partial charge on any atom is 0.305 e. The zero-order chi connectivity index (χ0) is 37.3. The largest absolute Gasteiger partial charge is 0.481 e. The fourth-order valence-corrected chi connectivity index (χ4v) is 7.88. The van der Waals surface area contributed by atoms with Gasteiger partial charge in [0.25, 0.3) is 0 Å². The number of carbonyl (C=O) groups excluding carboxylic acids is 1. The molecule has 2 atom stereocenters. The van der Waals surface area contributed by atoms with Crippen LogP contribution in [0.15, 0.2) is 12.7 Å². The lowest BCUT2D eigenvalue weighted by molar-refractivity contribution is -0.144. The Morgan fingerprint density at radius 2 is 1.20 bits per heavy atom. The Morgan fingerprint density at radius 3 is 1.69 bits per heavy atom. The van der Waals surface area contributed by atoms with Crippen molar-refractivity contribution in [2.75, 3.05) is 26.2 Å². The van der Waals surface area contributed by atoms with Gasteiger partial charge in [-0.25, -0.2) is 0 Å². The Bertz CT molecular complexity index is 817. The number of aliphatic carboxylic acids is 1. The van der Waals surface area contributed by atoms with E-state index in [9.17, 15) is 9.59 Å². The van der Waals surface area contributed by atoms with E-state index in [0.29, 0.717) is 25.4 Å².